The third-order valence-corrected chi connectivity index (χ3v) is 3.17. The molecule has 1 saturated carbocycles. The van der Waals surface area contributed by atoms with Crippen molar-refractivity contribution in [2.75, 3.05) is 7.11 Å². The van der Waals surface area contributed by atoms with Gasteiger partial charge in [-0.3, -0.25) is 4.79 Å². The van der Waals surface area contributed by atoms with Gasteiger partial charge in [0, 0.05) is 13.5 Å². The number of carbonyl (C=O) groups excluding carboxylic acids is 1. The highest BCUT2D eigenvalue weighted by Gasteiger charge is 2.19. The smallest absolute Gasteiger partial charge is 0.132 e. The Morgan fingerprint density at radius 1 is 1.36 bits per heavy atom. The van der Waals surface area contributed by atoms with Crippen molar-refractivity contribution in [2.24, 2.45) is 5.92 Å². The number of carbonyl (C=O) groups is 1. The molecule has 1 aliphatic rings. The summed E-state index contributed by atoms with van der Waals surface area (Å²) >= 11 is 0. The number of rotatable bonds is 5. The second kappa shape index (κ2) is 6.18. The van der Waals surface area contributed by atoms with E-state index in [0.29, 0.717) is 6.42 Å². The molecule has 0 aliphatic heterocycles. The molecule has 14 heavy (non-hydrogen) atoms. The zero-order valence-corrected chi connectivity index (χ0v) is 9.42. The van der Waals surface area contributed by atoms with E-state index in [1.54, 1.807) is 14.0 Å². The first-order chi connectivity index (χ1) is 6.72. The van der Waals surface area contributed by atoms with Gasteiger partial charge in [-0.05, 0) is 19.3 Å². The summed E-state index contributed by atoms with van der Waals surface area (Å²) in [5.41, 5.74) is 0. The van der Waals surface area contributed by atoms with E-state index in [1.165, 1.54) is 32.1 Å². The summed E-state index contributed by atoms with van der Waals surface area (Å²) in [6.45, 7) is 1.65. The first kappa shape index (κ1) is 11.7. The van der Waals surface area contributed by atoms with Gasteiger partial charge in [0.25, 0.3) is 0 Å². The lowest BCUT2D eigenvalue weighted by Crippen LogP contribution is -2.20. The van der Waals surface area contributed by atoms with Crippen LogP contribution in [0.1, 0.15) is 51.9 Å². The SMILES string of the molecule is COC(CC(C)=O)CC1CCCCC1. The van der Waals surface area contributed by atoms with E-state index >= 15 is 0 Å². The van der Waals surface area contributed by atoms with E-state index in [1.807, 2.05) is 0 Å². The van der Waals surface area contributed by atoms with Gasteiger partial charge in [0.15, 0.2) is 0 Å². The third-order valence-electron chi connectivity index (χ3n) is 3.17. The lowest BCUT2D eigenvalue weighted by atomic mass is 9.84. The van der Waals surface area contributed by atoms with Crippen molar-refractivity contribution in [1.82, 2.24) is 0 Å². The Hall–Kier alpha value is -0.370. The minimum Gasteiger partial charge on any atom is -0.381 e. The highest BCUT2D eigenvalue weighted by atomic mass is 16.5. The largest absolute Gasteiger partial charge is 0.381 e. The molecule has 1 aliphatic carbocycles. The Kier molecular flexibility index (Phi) is 5.16. The standard InChI is InChI=1S/C12H22O2/c1-10(13)8-12(14-2)9-11-6-4-3-5-7-11/h11-12H,3-9H2,1-2H3. The molecule has 0 heterocycles. The Morgan fingerprint density at radius 3 is 2.50 bits per heavy atom. The van der Waals surface area contributed by atoms with Crippen LogP contribution in [0.5, 0.6) is 0 Å². The lowest BCUT2D eigenvalue weighted by Gasteiger charge is -2.25. The van der Waals surface area contributed by atoms with Crippen LogP contribution in [0.4, 0.5) is 0 Å². The van der Waals surface area contributed by atoms with Crippen LogP contribution in [0.15, 0.2) is 0 Å². The van der Waals surface area contributed by atoms with Gasteiger partial charge < -0.3 is 4.74 Å². The van der Waals surface area contributed by atoms with Crippen molar-refractivity contribution in [1.29, 1.82) is 0 Å². The molecule has 1 unspecified atom stereocenters. The van der Waals surface area contributed by atoms with Crippen LogP contribution >= 0.6 is 0 Å². The summed E-state index contributed by atoms with van der Waals surface area (Å²) < 4.78 is 5.34. The third kappa shape index (κ3) is 4.23. The molecule has 2 nitrogen and oxygen atoms in total. The topological polar surface area (TPSA) is 26.3 Å². The van der Waals surface area contributed by atoms with Gasteiger partial charge in [-0.1, -0.05) is 32.1 Å². The zero-order valence-electron chi connectivity index (χ0n) is 9.42. The summed E-state index contributed by atoms with van der Waals surface area (Å²) in [5.74, 6) is 1.04. The number of hydrogen-bond acceptors (Lipinski definition) is 2. The lowest BCUT2D eigenvalue weighted by molar-refractivity contribution is -0.119. The molecule has 1 rings (SSSR count). The Morgan fingerprint density at radius 2 is 2.00 bits per heavy atom. The highest BCUT2D eigenvalue weighted by molar-refractivity contribution is 5.75. The number of ketones is 1. The van der Waals surface area contributed by atoms with E-state index in [4.69, 9.17) is 4.74 Å². The molecule has 1 fully saturated rings. The Balaban J connectivity index is 2.27. The molecule has 0 spiro atoms. The van der Waals surface area contributed by atoms with Crippen LogP contribution < -0.4 is 0 Å². The average Bonchev–Trinajstić information content (AvgIpc) is 2.17. The zero-order chi connectivity index (χ0) is 10.4. The van der Waals surface area contributed by atoms with Gasteiger partial charge >= 0.3 is 0 Å². The second-order valence-corrected chi connectivity index (χ2v) is 4.50. The molecule has 0 aromatic heterocycles. The van der Waals surface area contributed by atoms with Crippen LogP contribution in [0.3, 0.4) is 0 Å². The Bertz CT molecular complexity index is 171. The minimum atomic E-state index is 0.163. The van der Waals surface area contributed by atoms with Gasteiger partial charge in [0.05, 0.1) is 6.10 Å². The van der Waals surface area contributed by atoms with Crippen molar-refractivity contribution in [3.05, 3.63) is 0 Å². The average molecular weight is 198 g/mol. The van der Waals surface area contributed by atoms with Crippen molar-refractivity contribution in [2.45, 2.75) is 58.0 Å². The number of ether oxygens (including phenoxy) is 1. The molecule has 1 atom stereocenters. The summed E-state index contributed by atoms with van der Waals surface area (Å²) in [4.78, 5) is 11.0. The molecule has 0 aromatic rings. The number of hydrogen-bond donors (Lipinski definition) is 0. The van der Waals surface area contributed by atoms with E-state index in [-0.39, 0.29) is 11.9 Å². The molecule has 82 valence electrons. The second-order valence-electron chi connectivity index (χ2n) is 4.50. The van der Waals surface area contributed by atoms with E-state index in [2.05, 4.69) is 0 Å². The maximum Gasteiger partial charge on any atom is 0.132 e. The van der Waals surface area contributed by atoms with Gasteiger partial charge in [-0.25, -0.2) is 0 Å². The quantitative estimate of drug-likeness (QED) is 0.679. The fourth-order valence-electron chi connectivity index (χ4n) is 2.38. The normalized spacial score (nSPS) is 20.7. The van der Waals surface area contributed by atoms with Gasteiger partial charge in [-0.2, -0.15) is 0 Å². The molecular formula is C12H22O2. The fraction of sp³-hybridized carbons (Fsp3) is 0.917. The summed E-state index contributed by atoms with van der Waals surface area (Å²) in [6, 6.07) is 0. The van der Waals surface area contributed by atoms with Crippen LogP contribution in [-0.4, -0.2) is 19.0 Å². The number of methoxy groups -OCH3 is 1. The fourth-order valence-corrected chi connectivity index (χ4v) is 2.38. The molecule has 0 N–H and O–H groups in total. The maximum atomic E-state index is 11.0. The summed E-state index contributed by atoms with van der Waals surface area (Å²) in [6.07, 6.45) is 8.61. The van der Waals surface area contributed by atoms with Crippen LogP contribution in [-0.2, 0) is 9.53 Å². The molecule has 0 radical (unpaired) electrons. The monoisotopic (exact) mass is 198 g/mol. The first-order valence-corrected chi connectivity index (χ1v) is 5.74. The highest BCUT2D eigenvalue weighted by Crippen LogP contribution is 2.28. The Labute approximate surface area is 87.0 Å². The van der Waals surface area contributed by atoms with E-state index < -0.39 is 0 Å². The van der Waals surface area contributed by atoms with Gasteiger partial charge in [0.1, 0.15) is 5.78 Å². The van der Waals surface area contributed by atoms with Crippen molar-refractivity contribution in [3.8, 4) is 0 Å². The first-order valence-electron chi connectivity index (χ1n) is 5.74. The summed E-state index contributed by atoms with van der Waals surface area (Å²) in [5, 5.41) is 0. The predicted octanol–water partition coefficient (Wildman–Crippen LogP) is 2.95. The van der Waals surface area contributed by atoms with Crippen molar-refractivity contribution >= 4 is 5.78 Å². The van der Waals surface area contributed by atoms with E-state index in [0.717, 1.165) is 12.3 Å². The van der Waals surface area contributed by atoms with Crippen LogP contribution in [0.25, 0.3) is 0 Å². The van der Waals surface area contributed by atoms with Gasteiger partial charge in [0.2, 0.25) is 0 Å². The molecular weight excluding hydrogens is 176 g/mol. The van der Waals surface area contributed by atoms with Crippen LogP contribution in [0.2, 0.25) is 0 Å². The molecule has 0 aromatic carbocycles. The predicted molar refractivity (Wildman–Crippen MR) is 57.3 cm³/mol. The summed E-state index contributed by atoms with van der Waals surface area (Å²) in [7, 11) is 1.72. The molecule has 0 bridgehead atoms. The van der Waals surface area contributed by atoms with Crippen LogP contribution in [0, 0.1) is 5.92 Å². The molecule has 2 heteroatoms. The maximum absolute atomic E-state index is 11.0. The molecule has 0 amide bonds. The number of Topliss-reactive ketones (excluding diaryl/α,β-unsaturated/α-hetero) is 1. The van der Waals surface area contributed by atoms with Gasteiger partial charge in [-0.15, -0.1) is 0 Å². The van der Waals surface area contributed by atoms with E-state index in [9.17, 15) is 4.79 Å². The van der Waals surface area contributed by atoms with Crippen molar-refractivity contribution < 1.29 is 9.53 Å². The molecule has 0 saturated heterocycles. The minimum absolute atomic E-state index is 0.163. The van der Waals surface area contributed by atoms with Crippen molar-refractivity contribution in [3.63, 3.8) is 0 Å².